The number of hydrogen-bond acceptors (Lipinski definition) is 4. The zero-order valence-corrected chi connectivity index (χ0v) is 9.86. The Morgan fingerprint density at radius 3 is 2.12 bits per heavy atom. The average Bonchev–Trinajstić information content (AvgIpc) is 1.97. The third kappa shape index (κ3) is 6.80. The van der Waals surface area contributed by atoms with E-state index in [1.165, 1.54) is 6.92 Å². The second-order valence-corrected chi connectivity index (χ2v) is 4.38. The van der Waals surface area contributed by atoms with Crippen LogP contribution >= 0.6 is 0 Å². The number of carbonyl (C=O) groups excluding carboxylic acids is 2. The van der Waals surface area contributed by atoms with Crippen LogP contribution in [-0.2, 0) is 19.1 Å². The Hall–Kier alpha value is -1.59. The number of aliphatic carboxylic acids is 1. The number of nitrogens with one attached hydrogen (secondary N) is 1. The second kappa shape index (κ2) is 5.48. The van der Waals surface area contributed by atoms with E-state index in [0.717, 1.165) is 0 Å². The lowest BCUT2D eigenvalue weighted by molar-refractivity contribution is -0.158. The Morgan fingerprint density at radius 1 is 1.31 bits per heavy atom. The fourth-order valence-corrected chi connectivity index (χ4v) is 0.995. The molecule has 6 nitrogen and oxygen atoms in total. The maximum absolute atomic E-state index is 11.3. The zero-order chi connectivity index (χ0) is 12.9. The first-order valence-electron chi connectivity index (χ1n) is 4.83. The molecule has 1 atom stereocenters. The van der Waals surface area contributed by atoms with E-state index in [1.54, 1.807) is 20.8 Å². The van der Waals surface area contributed by atoms with Crippen molar-refractivity contribution in [2.24, 2.45) is 0 Å². The maximum Gasteiger partial charge on any atom is 0.326 e. The SMILES string of the molecule is CC(=O)N[C@@H](CC(=O)OC(C)(C)C)C(=O)O. The lowest BCUT2D eigenvalue weighted by Crippen LogP contribution is -2.42. The van der Waals surface area contributed by atoms with E-state index in [-0.39, 0.29) is 6.42 Å². The van der Waals surface area contributed by atoms with E-state index < -0.39 is 29.5 Å². The highest BCUT2D eigenvalue weighted by atomic mass is 16.6. The molecule has 0 unspecified atom stereocenters. The predicted molar refractivity (Wildman–Crippen MR) is 55.7 cm³/mol. The fraction of sp³-hybridized carbons (Fsp3) is 0.700. The molecule has 0 aliphatic heterocycles. The highest BCUT2D eigenvalue weighted by molar-refractivity contribution is 5.86. The molecule has 6 heteroatoms. The molecule has 0 bridgehead atoms. The lowest BCUT2D eigenvalue weighted by Gasteiger charge is -2.21. The molecule has 0 heterocycles. The number of esters is 1. The average molecular weight is 231 g/mol. The van der Waals surface area contributed by atoms with Gasteiger partial charge in [0.15, 0.2) is 0 Å². The van der Waals surface area contributed by atoms with Crippen molar-refractivity contribution in [3.8, 4) is 0 Å². The largest absolute Gasteiger partial charge is 0.480 e. The molecule has 0 fully saturated rings. The van der Waals surface area contributed by atoms with Gasteiger partial charge < -0.3 is 15.2 Å². The smallest absolute Gasteiger partial charge is 0.326 e. The van der Waals surface area contributed by atoms with Crippen molar-refractivity contribution in [1.29, 1.82) is 0 Å². The van der Waals surface area contributed by atoms with Crippen LogP contribution in [0.4, 0.5) is 0 Å². The predicted octanol–water partition coefficient (Wildman–Crippen LogP) is 0.307. The molecule has 0 radical (unpaired) electrons. The van der Waals surface area contributed by atoms with Crippen LogP contribution in [0, 0.1) is 0 Å². The summed E-state index contributed by atoms with van der Waals surface area (Å²) in [5.74, 6) is -2.43. The summed E-state index contributed by atoms with van der Waals surface area (Å²) in [5, 5.41) is 10.9. The number of amides is 1. The van der Waals surface area contributed by atoms with Crippen LogP contribution in [0.15, 0.2) is 0 Å². The Bertz CT molecular complexity index is 292. The Balaban J connectivity index is 4.35. The van der Waals surface area contributed by atoms with Crippen molar-refractivity contribution in [3.63, 3.8) is 0 Å². The Kier molecular flexibility index (Phi) is 4.94. The van der Waals surface area contributed by atoms with Crippen molar-refractivity contribution in [2.75, 3.05) is 0 Å². The molecule has 0 spiro atoms. The minimum atomic E-state index is -1.26. The summed E-state index contributed by atoms with van der Waals surface area (Å²) in [4.78, 5) is 32.7. The number of carboxylic acids is 1. The molecular formula is C10H17NO5. The normalized spacial score (nSPS) is 12.8. The molecule has 0 saturated heterocycles. The van der Waals surface area contributed by atoms with Gasteiger partial charge in [0.25, 0.3) is 0 Å². The van der Waals surface area contributed by atoms with Crippen LogP contribution < -0.4 is 5.32 Å². The van der Waals surface area contributed by atoms with E-state index in [9.17, 15) is 14.4 Å². The number of carbonyl (C=O) groups is 3. The number of hydrogen-bond donors (Lipinski definition) is 2. The first kappa shape index (κ1) is 14.4. The molecular weight excluding hydrogens is 214 g/mol. The van der Waals surface area contributed by atoms with Gasteiger partial charge in [-0.1, -0.05) is 0 Å². The van der Waals surface area contributed by atoms with Gasteiger partial charge >= 0.3 is 11.9 Å². The molecule has 0 aliphatic carbocycles. The summed E-state index contributed by atoms with van der Waals surface area (Å²) in [7, 11) is 0. The zero-order valence-electron chi connectivity index (χ0n) is 9.86. The van der Waals surface area contributed by atoms with Crippen LogP contribution in [0.2, 0.25) is 0 Å². The third-order valence-corrected chi connectivity index (χ3v) is 1.47. The van der Waals surface area contributed by atoms with Gasteiger partial charge in [0.05, 0.1) is 6.42 Å². The van der Waals surface area contributed by atoms with Gasteiger partial charge in [-0.2, -0.15) is 0 Å². The monoisotopic (exact) mass is 231 g/mol. The van der Waals surface area contributed by atoms with Crippen molar-refractivity contribution in [3.05, 3.63) is 0 Å². The molecule has 0 aromatic carbocycles. The van der Waals surface area contributed by atoms with Gasteiger partial charge in [-0.05, 0) is 20.8 Å². The topological polar surface area (TPSA) is 92.7 Å². The van der Waals surface area contributed by atoms with Crippen LogP contribution in [0.25, 0.3) is 0 Å². The summed E-state index contributed by atoms with van der Waals surface area (Å²) in [6.45, 7) is 6.22. The number of ether oxygens (including phenoxy) is 1. The number of carboxylic acid groups (broad SMARTS) is 1. The minimum Gasteiger partial charge on any atom is -0.480 e. The molecule has 0 aromatic heterocycles. The summed E-state index contributed by atoms with van der Waals surface area (Å²) < 4.78 is 4.95. The second-order valence-electron chi connectivity index (χ2n) is 4.38. The van der Waals surface area contributed by atoms with Crippen molar-refractivity contribution < 1.29 is 24.2 Å². The van der Waals surface area contributed by atoms with Gasteiger partial charge in [-0.3, -0.25) is 9.59 Å². The summed E-state index contributed by atoms with van der Waals surface area (Å²) in [6.07, 6.45) is -0.383. The summed E-state index contributed by atoms with van der Waals surface area (Å²) in [6, 6.07) is -1.24. The van der Waals surface area contributed by atoms with Gasteiger partial charge in [0.1, 0.15) is 11.6 Å². The van der Waals surface area contributed by atoms with Crippen LogP contribution in [0.5, 0.6) is 0 Å². The number of rotatable bonds is 4. The van der Waals surface area contributed by atoms with Crippen LogP contribution in [0.1, 0.15) is 34.1 Å². The minimum absolute atomic E-state index is 0.383. The molecule has 0 aromatic rings. The van der Waals surface area contributed by atoms with Crippen LogP contribution in [0.3, 0.4) is 0 Å². The molecule has 0 rings (SSSR count). The third-order valence-electron chi connectivity index (χ3n) is 1.47. The molecule has 1 amide bonds. The van der Waals surface area contributed by atoms with Gasteiger partial charge in [0.2, 0.25) is 5.91 Å². The first-order chi connectivity index (χ1) is 7.11. The van der Waals surface area contributed by atoms with E-state index in [1.807, 2.05) is 0 Å². The van der Waals surface area contributed by atoms with E-state index >= 15 is 0 Å². The maximum atomic E-state index is 11.3. The summed E-state index contributed by atoms with van der Waals surface area (Å²) in [5.41, 5.74) is -0.670. The van der Waals surface area contributed by atoms with E-state index in [2.05, 4.69) is 5.32 Å². The quantitative estimate of drug-likeness (QED) is 0.679. The lowest BCUT2D eigenvalue weighted by atomic mass is 10.1. The van der Waals surface area contributed by atoms with Crippen molar-refractivity contribution in [1.82, 2.24) is 5.32 Å². The van der Waals surface area contributed by atoms with Gasteiger partial charge in [-0.15, -0.1) is 0 Å². The Morgan fingerprint density at radius 2 is 1.81 bits per heavy atom. The molecule has 92 valence electrons. The summed E-state index contributed by atoms with van der Waals surface area (Å²) >= 11 is 0. The highest BCUT2D eigenvalue weighted by Crippen LogP contribution is 2.09. The first-order valence-corrected chi connectivity index (χ1v) is 4.83. The van der Waals surface area contributed by atoms with E-state index in [0.29, 0.717) is 0 Å². The molecule has 0 saturated carbocycles. The molecule has 0 aliphatic rings. The Labute approximate surface area is 94.0 Å². The molecule has 16 heavy (non-hydrogen) atoms. The van der Waals surface area contributed by atoms with E-state index in [4.69, 9.17) is 9.84 Å². The molecule has 2 N–H and O–H groups in total. The van der Waals surface area contributed by atoms with Crippen molar-refractivity contribution in [2.45, 2.75) is 45.8 Å². The van der Waals surface area contributed by atoms with Gasteiger partial charge in [-0.25, -0.2) is 4.79 Å². The van der Waals surface area contributed by atoms with Gasteiger partial charge in [0, 0.05) is 6.92 Å². The highest BCUT2D eigenvalue weighted by Gasteiger charge is 2.25. The fourth-order valence-electron chi connectivity index (χ4n) is 0.995. The standard InChI is InChI=1S/C10H17NO5/c1-6(12)11-7(9(14)15)5-8(13)16-10(2,3)4/h7H,5H2,1-4H3,(H,11,12)(H,14,15)/t7-/m0/s1. The van der Waals surface area contributed by atoms with Crippen molar-refractivity contribution >= 4 is 17.8 Å². The van der Waals surface area contributed by atoms with Crippen LogP contribution in [-0.4, -0.2) is 34.6 Å².